The topological polar surface area (TPSA) is 71.5 Å². The predicted octanol–water partition coefficient (Wildman–Crippen LogP) is 0.193. The minimum Gasteiger partial charge on any atom is -0.469 e. The Kier molecular flexibility index (Phi) is 6.52. The van der Waals surface area contributed by atoms with E-state index in [2.05, 4.69) is 15.0 Å². The number of rotatable bonds is 7. The van der Waals surface area contributed by atoms with Gasteiger partial charge in [-0.2, -0.15) is 0 Å². The first-order valence-electron chi connectivity index (χ1n) is 6.05. The van der Waals surface area contributed by atoms with Gasteiger partial charge in [-0.25, -0.2) is 0 Å². The highest BCUT2D eigenvalue weighted by Gasteiger charge is 2.14. The van der Waals surface area contributed by atoms with Crippen LogP contribution in [0.5, 0.6) is 0 Å². The Bertz CT molecular complexity index is 409. The fourth-order valence-corrected chi connectivity index (χ4v) is 1.59. The number of methoxy groups -OCH3 is 1. The van der Waals surface area contributed by atoms with E-state index < -0.39 is 0 Å². The van der Waals surface area contributed by atoms with Gasteiger partial charge in [0.25, 0.3) is 0 Å². The lowest BCUT2D eigenvalue weighted by atomic mass is 10.2. The smallest absolute Gasteiger partial charge is 0.307 e. The van der Waals surface area contributed by atoms with E-state index in [0.29, 0.717) is 13.1 Å². The summed E-state index contributed by atoms with van der Waals surface area (Å²) in [4.78, 5) is 28.7. The zero-order valence-corrected chi connectivity index (χ0v) is 11.3. The molecule has 0 unspecified atom stereocenters. The normalized spacial score (nSPS) is 10.0. The fourth-order valence-electron chi connectivity index (χ4n) is 1.59. The molecule has 0 aliphatic carbocycles. The summed E-state index contributed by atoms with van der Waals surface area (Å²) in [5, 5.41) is 2.82. The largest absolute Gasteiger partial charge is 0.469 e. The van der Waals surface area contributed by atoms with Crippen molar-refractivity contribution in [1.29, 1.82) is 0 Å². The number of hydrogen-bond acceptors (Lipinski definition) is 5. The van der Waals surface area contributed by atoms with Gasteiger partial charge in [0.05, 0.1) is 20.1 Å². The van der Waals surface area contributed by atoms with Crippen molar-refractivity contribution in [2.75, 3.05) is 27.2 Å². The lowest BCUT2D eigenvalue weighted by Gasteiger charge is -2.22. The quantitative estimate of drug-likeness (QED) is 0.713. The standard InChI is InChI=1S/C13H19N3O3/c1-14-9-12(17)16(8-5-13(18)19-2)10-11-3-6-15-7-4-11/h3-4,6-7,14H,5,8-10H2,1-2H3. The van der Waals surface area contributed by atoms with Crippen molar-refractivity contribution >= 4 is 11.9 Å². The van der Waals surface area contributed by atoms with E-state index in [0.717, 1.165) is 5.56 Å². The summed E-state index contributed by atoms with van der Waals surface area (Å²) in [6, 6.07) is 3.69. The summed E-state index contributed by atoms with van der Waals surface area (Å²) in [6.45, 7) is 1.04. The first-order valence-corrected chi connectivity index (χ1v) is 6.05. The second kappa shape index (κ2) is 8.20. The number of carbonyl (C=O) groups excluding carboxylic acids is 2. The molecule has 1 N–H and O–H groups in total. The van der Waals surface area contributed by atoms with Crippen LogP contribution in [0.2, 0.25) is 0 Å². The molecule has 1 heterocycles. The zero-order chi connectivity index (χ0) is 14.1. The molecule has 1 rings (SSSR count). The zero-order valence-electron chi connectivity index (χ0n) is 11.3. The molecular weight excluding hydrogens is 246 g/mol. The van der Waals surface area contributed by atoms with Gasteiger partial charge < -0.3 is 15.0 Å². The van der Waals surface area contributed by atoms with Gasteiger partial charge in [-0.3, -0.25) is 14.6 Å². The minimum absolute atomic E-state index is 0.0526. The molecule has 0 aromatic carbocycles. The Balaban J connectivity index is 2.63. The lowest BCUT2D eigenvalue weighted by Crippen LogP contribution is -2.38. The van der Waals surface area contributed by atoms with E-state index in [1.165, 1.54) is 7.11 Å². The Morgan fingerprint density at radius 3 is 2.63 bits per heavy atom. The number of hydrogen-bond donors (Lipinski definition) is 1. The van der Waals surface area contributed by atoms with Gasteiger partial charge in [-0.1, -0.05) is 0 Å². The van der Waals surface area contributed by atoms with Gasteiger partial charge in [0.1, 0.15) is 0 Å². The third kappa shape index (κ3) is 5.48. The number of esters is 1. The summed E-state index contributed by atoms with van der Waals surface area (Å²) in [5.41, 5.74) is 0.976. The molecule has 0 aliphatic heterocycles. The molecule has 0 saturated heterocycles. The average Bonchev–Trinajstić information content (AvgIpc) is 2.44. The molecule has 0 radical (unpaired) electrons. The molecule has 104 valence electrons. The van der Waals surface area contributed by atoms with Crippen LogP contribution in [0.1, 0.15) is 12.0 Å². The van der Waals surface area contributed by atoms with Crippen molar-refractivity contribution in [2.24, 2.45) is 0 Å². The van der Waals surface area contributed by atoms with Crippen LogP contribution in [-0.4, -0.2) is 49.0 Å². The van der Waals surface area contributed by atoms with E-state index in [4.69, 9.17) is 0 Å². The molecule has 0 fully saturated rings. The van der Waals surface area contributed by atoms with Crippen molar-refractivity contribution in [2.45, 2.75) is 13.0 Å². The lowest BCUT2D eigenvalue weighted by molar-refractivity contribution is -0.141. The van der Waals surface area contributed by atoms with Crippen LogP contribution in [0.3, 0.4) is 0 Å². The fraction of sp³-hybridized carbons (Fsp3) is 0.462. The van der Waals surface area contributed by atoms with Crippen molar-refractivity contribution in [3.63, 3.8) is 0 Å². The van der Waals surface area contributed by atoms with E-state index >= 15 is 0 Å². The molecule has 6 nitrogen and oxygen atoms in total. The monoisotopic (exact) mass is 265 g/mol. The van der Waals surface area contributed by atoms with Gasteiger partial charge in [0.2, 0.25) is 5.91 Å². The minimum atomic E-state index is -0.322. The van der Waals surface area contributed by atoms with E-state index in [1.807, 2.05) is 12.1 Å². The Labute approximate surface area is 112 Å². The second-order valence-corrected chi connectivity index (χ2v) is 4.03. The maximum atomic E-state index is 11.9. The van der Waals surface area contributed by atoms with Gasteiger partial charge in [-0.15, -0.1) is 0 Å². The molecule has 1 amide bonds. The van der Waals surface area contributed by atoms with Gasteiger partial charge >= 0.3 is 5.97 Å². The molecular formula is C13H19N3O3. The van der Waals surface area contributed by atoms with E-state index in [1.54, 1.807) is 24.3 Å². The number of ether oxygens (including phenoxy) is 1. The van der Waals surface area contributed by atoms with Crippen LogP contribution in [0, 0.1) is 0 Å². The van der Waals surface area contributed by atoms with Gasteiger partial charge in [-0.05, 0) is 24.7 Å². The summed E-state index contributed by atoms with van der Waals surface area (Å²) in [5.74, 6) is -0.375. The Morgan fingerprint density at radius 2 is 2.05 bits per heavy atom. The SMILES string of the molecule is CNCC(=O)N(CCC(=O)OC)Cc1ccncc1. The maximum absolute atomic E-state index is 11.9. The molecule has 19 heavy (non-hydrogen) atoms. The number of likely N-dealkylation sites (N-methyl/N-ethyl adjacent to an activating group) is 1. The molecule has 6 heteroatoms. The van der Waals surface area contributed by atoms with Crippen molar-refractivity contribution in [1.82, 2.24) is 15.2 Å². The second-order valence-electron chi connectivity index (χ2n) is 4.03. The molecule has 0 aliphatic rings. The highest BCUT2D eigenvalue weighted by molar-refractivity contribution is 5.79. The number of pyridine rings is 1. The molecule has 0 bridgehead atoms. The van der Waals surface area contributed by atoms with Gasteiger partial charge in [0.15, 0.2) is 0 Å². The molecule has 0 spiro atoms. The van der Waals surface area contributed by atoms with Crippen LogP contribution in [0.4, 0.5) is 0 Å². The molecule has 1 aromatic rings. The summed E-state index contributed by atoms with van der Waals surface area (Å²) >= 11 is 0. The van der Waals surface area contributed by atoms with Crippen LogP contribution >= 0.6 is 0 Å². The number of nitrogens with zero attached hydrogens (tertiary/aromatic N) is 2. The maximum Gasteiger partial charge on any atom is 0.307 e. The number of aromatic nitrogens is 1. The first kappa shape index (κ1) is 15.1. The molecule has 1 aromatic heterocycles. The molecule has 0 saturated carbocycles. The summed E-state index contributed by atoms with van der Waals surface area (Å²) in [6.07, 6.45) is 3.55. The highest BCUT2D eigenvalue weighted by atomic mass is 16.5. The van der Waals surface area contributed by atoms with Crippen molar-refractivity contribution in [3.05, 3.63) is 30.1 Å². The number of carbonyl (C=O) groups is 2. The number of amides is 1. The Morgan fingerprint density at radius 1 is 1.37 bits per heavy atom. The average molecular weight is 265 g/mol. The van der Waals surface area contributed by atoms with Crippen LogP contribution in [0.15, 0.2) is 24.5 Å². The van der Waals surface area contributed by atoms with E-state index in [9.17, 15) is 9.59 Å². The first-order chi connectivity index (χ1) is 9.17. The predicted molar refractivity (Wildman–Crippen MR) is 70.2 cm³/mol. The number of nitrogens with one attached hydrogen (secondary N) is 1. The highest BCUT2D eigenvalue weighted by Crippen LogP contribution is 2.05. The van der Waals surface area contributed by atoms with Crippen LogP contribution in [-0.2, 0) is 20.9 Å². The third-order valence-corrected chi connectivity index (χ3v) is 2.62. The van der Waals surface area contributed by atoms with E-state index in [-0.39, 0.29) is 24.8 Å². The summed E-state index contributed by atoms with van der Waals surface area (Å²) in [7, 11) is 3.05. The van der Waals surface area contributed by atoms with Crippen molar-refractivity contribution in [3.8, 4) is 0 Å². The van der Waals surface area contributed by atoms with Crippen molar-refractivity contribution < 1.29 is 14.3 Å². The van der Waals surface area contributed by atoms with Crippen LogP contribution < -0.4 is 5.32 Å². The van der Waals surface area contributed by atoms with Gasteiger partial charge in [0, 0.05) is 25.5 Å². The Hall–Kier alpha value is -1.95. The third-order valence-electron chi connectivity index (χ3n) is 2.62. The summed E-state index contributed by atoms with van der Waals surface area (Å²) < 4.78 is 4.59. The molecule has 0 atom stereocenters. The van der Waals surface area contributed by atoms with Crippen LogP contribution in [0.25, 0.3) is 0 Å².